The molecular weight excluding hydrogens is 322 g/mol. The maximum Gasteiger partial charge on any atom is 0.150 e. The third-order valence-electron chi connectivity index (χ3n) is 3.38. The zero-order chi connectivity index (χ0) is 12.5. The number of rotatable bonds is 4. The summed E-state index contributed by atoms with van der Waals surface area (Å²) in [6.07, 6.45) is 1.65. The fraction of sp³-hybridized carbons (Fsp3) is 0.636. The molecule has 0 aliphatic carbocycles. The SMILES string of the molecule is NCC(Cc1sccc1Br)C1CCS(=O)(=O)C1. The van der Waals surface area contributed by atoms with E-state index in [2.05, 4.69) is 15.9 Å². The van der Waals surface area contributed by atoms with E-state index in [0.717, 1.165) is 17.3 Å². The fourth-order valence-corrected chi connectivity index (χ4v) is 5.88. The minimum atomic E-state index is -2.80. The Morgan fingerprint density at radius 3 is 2.82 bits per heavy atom. The molecule has 2 heterocycles. The molecule has 0 saturated carbocycles. The highest BCUT2D eigenvalue weighted by molar-refractivity contribution is 9.10. The Balaban J connectivity index is 2.05. The minimum absolute atomic E-state index is 0.235. The zero-order valence-electron chi connectivity index (χ0n) is 9.43. The van der Waals surface area contributed by atoms with Crippen molar-refractivity contribution >= 4 is 37.1 Å². The average Bonchev–Trinajstić information content (AvgIpc) is 2.82. The molecule has 2 N–H and O–H groups in total. The molecule has 0 bridgehead atoms. The lowest BCUT2D eigenvalue weighted by Gasteiger charge is -2.20. The van der Waals surface area contributed by atoms with Crippen LogP contribution in [0.15, 0.2) is 15.9 Å². The number of hydrogen-bond acceptors (Lipinski definition) is 4. The molecule has 96 valence electrons. The van der Waals surface area contributed by atoms with Gasteiger partial charge < -0.3 is 5.73 Å². The van der Waals surface area contributed by atoms with Crippen molar-refractivity contribution in [3.05, 3.63) is 20.8 Å². The standard InChI is InChI=1S/C11H16BrNO2S2/c12-10-1-3-16-11(10)5-9(6-13)8-2-4-17(14,15)7-8/h1,3,8-9H,2,4-7,13H2. The lowest BCUT2D eigenvalue weighted by atomic mass is 9.88. The van der Waals surface area contributed by atoms with Crippen molar-refractivity contribution in [2.45, 2.75) is 12.8 Å². The van der Waals surface area contributed by atoms with Gasteiger partial charge in [0.2, 0.25) is 0 Å². The smallest absolute Gasteiger partial charge is 0.150 e. The van der Waals surface area contributed by atoms with Gasteiger partial charge in [0.1, 0.15) is 0 Å². The van der Waals surface area contributed by atoms with Gasteiger partial charge in [-0.15, -0.1) is 11.3 Å². The van der Waals surface area contributed by atoms with E-state index >= 15 is 0 Å². The monoisotopic (exact) mass is 337 g/mol. The average molecular weight is 338 g/mol. The van der Waals surface area contributed by atoms with Gasteiger partial charge in [0, 0.05) is 9.35 Å². The maximum absolute atomic E-state index is 11.5. The van der Waals surface area contributed by atoms with Crippen molar-refractivity contribution in [2.24, 2.45) is 17.6 Å². The summed E-state index contributed by atoms with van der Waals surface area (Å²) < 4.78 is 24.1. The first kappa shape index (κ1) is 13.5. The molecule has 6 heteroatoms. The number of halogens is 1. The molecule has 2 unspecified atom stereocenters. The van der Waals surface area contributed by atoms with E-state index in [4.69, 9.17) is 5.73 Å². The first-order chi connectivity index (χ1) is 8.02. The molecule has 1 aromatic rings. The van der Waals surface area contributed by atoms with E-state index in [0.29, 0.717) is 18.1 Å². The summed E-state index contributed by atoms with van der Waals surface area (Å²) in [5.41, 5.74) is 5.80. The first-order valence-electron chi connectivity index (χ1n) is 5.64. The second-order valence-electron chi connectivity index (χ2n) is 4.55. The minimum Gasteiger partial charge on any atom is -0.330 e. The van der Waals surface area contributed by atoms with Gasteiger partial charge in [0.25, 0.3) is 0 Å². The lowest BCUT2D eigenvalue weighted by molar-refractivity contribution is 0.372. The van der Waals surface area contributed by atoms with Crippen LogP contribution in [0.4, 0.5) is 0 Å². The fourth-order valence-electron chi connectivity index (χ4n) is 2.35. The van der Waals surface area contributed by atoms with Gasteiger partial charge in [-0.2, -0.15) is 0 Å². The van der Waals surface area contributed by atoms with Crippen LogP contribution in [0, 0.1) is 11.8 Å². The van der Waals surface area contributed by atoms with E-state index in [-0.39, 0.29) is 11.8 Å². The highest BCUT2D eigenvalue weighted by atomic mass is 79.9. The van der Waals surface area contributed by atoms with E-state index in [9.17, 15) is 8.42 Å². The van der Waals surface area contributed by atoms with Crippen LogP contribution in [0.2, 0.25) is 0 Å². The Morgan fingerprint density at radius 2 is 2.35 bits per heavy atom. The Hall–Kier alpha value is 0.0900. The topological polar surface area (TPSA) is 60.2 Å². The number of nitrogens with two attached hydrogens (primary N) is 1. The van der Waals surface area contributed by atoms with E-state index in [1.54, 1.807) is 11.3 Å². The predicted octanol–water partition coefficient (Wildman–Crippen LogP) is 2.06. The highest BCUT2D eigenvalue weighted by Gasteiger charge is 2.33. The van der Waals surface area contributed by atoms with E-state index in [1.807, 2.05) is 11.4 Å². The largest absolute Gasteiger partial charge is 0.330 e. The summed E-state index contributed by atoms with van der Waals surface area (Å²) in [6.45, 7) is 0.560. The molecule has 2 rings (SSSR count). The van der Waals surface area contributed by atoms with Crippen molar-refractivity contribution in [3.8, 4) is 0 Å². The Bertz CT molecular complexity index is 483. The molecule has 1 fully saturated rings. The van der Waals surface area contributed by atoms with Crippen LogP contribution in [0.1, 0.15) is 11.3 Å². The van der Waals surface area contributed by atoms with Gasteiger partial charge in [-0.05, 0) is 58.6 Å². The van der Waals surface area contributed by atoms with Gasteiger partial charge in [0.15, 0.2) is 9.84 Å². The highest BCUT2D eigenvalue weighted by Crippen LogP contribution is 2.32. The molecule has 17 heavy (non-hydrogen) atoms. The van der Waals surface area contributed by atoms with E-state index in [1.165, 1.54) is 4.88 Å². The lowest BCUT2D eigenvalue weighted by Crippen LogP contribution is -2.26. The quantitative estimate of drug-likeness (QED) is 0.914. The van der Waals surface area contributed by atoms with E-state index < -0.39 is 9.84 Å². The van der Waals surface area contributed by atoms with Gasteiger partial charge >= 0.3 is 0 Å². The Morgan fingerprint density at radius 1 is 1.59 bits per heavy atom. The molecule has 1 aliphatic heterocycles. The van der Waals surface area contributed by atoms with Crippen molar-refractivity contribution in [3.63, 3.8) is 0 Å². The molecule has 3 nitrogen and oxygen atoms in total. The first-order valence-corrected chi connectivity index (χ1v) is 9.13. The number of hydrogen-bond donors (Lipinski definition) is 1. The van der Waals surface area contributed by atoms with Gasteiger partial charge in [-0.3, -0.25) is 0 Å². The maximum atomic E-state index is 11.5. The van der Waals surface area contributed by atoms with Crippen molar-refractivity contribution in [2.75, 3.05) is 18.1 Å². The van der Waals surface area contributed by atoms with Gasteiger partial charge in [-0.1, -0.05) is 0 Å². The van der Waals surface area contributed by atoms with Crippen molar-refractivity contribution in [1.82, 2.24) is 0 Å². The molecule has 0 aromatic carbocycles. The van der Waals surface area contributed by atoms with Gasteiger partial charge in [-0.25, -0.2) is 8.42 Å². The zero-order valence-corrected chi connectivity index (χ0v) is 12.7. The molecule has 0 radical (unpaired) electrons. The summed E-state index contributed by atoms with van der Waals surface area (Å²) in [6, 6.07) is 2.03. The summed E-state index contributed by atoms with van der Waals surface area (Å²) in [5, 5.41) is 2.04. The Labute approximate surface area is 114 Å². The second kappa shape index (κ2) is 5.38. The summed E-state index contributed by atoms with van der Waals surface area (Å²) in [4.78, 5) is 1.27. The molecule has 1 aromatic heterocycles. The Kier molecular flexibility index (Phi) is 4.28. The molecule has 0 amide bonds. The number of thiophene rings is 1. The van der Waals surface area contributed by atoms with Crippen LogP contribution in [-0.2, 0) is 16.3 Å². The predicted molar refractivity (Wildman–Crippen MR) is 75.0 cm³/mol. The summed E-state index contributed by atoms with van der Waals surface area (Å²) in [5.74, 6) is 1.17. The molecule has 0 spiro atoms. The second-order valence-corrected chi connectivity index (χ2v) is 8.64. The third kappa shape index (κ3) is 3.30. The van der Waals surface area contributed by atoms with Gasteiger partial charge in [0.05, 0.1) is 11.5 Å². The summed E-state index contributed by atoms with van der Waals surface area (Å²) >= 11 is 5.21. The van der Waals surface area contributed by atoms with Crippen LogP contribution in [0.5, 0.6) is 0 Å². The molecule has 1 saturated heterocycles. The summed E-state index contributed by atoms with van der Waals surface area (Å²) in [7, 11) is -2.80. The van der Waals surface area contributed by atoms with Crippen molar-refractivity contribution < 1.29 is 8.42 Å². The molecule has 1 aliphatic rings. The van der Waals surface area contributed by atoms with Crippen LogP contribution < -0.4 is 5.73 Å². The van der Waals surface area contributed by atoms with Crippen LogP contribution in [0.3, 0.4) is 0 Å². The normalized spacial score (nSPS) is 24.9. The van der Waals surface area contributed by atoms with Crippen LogP contribution in [0.25, 0.3) is 0 Å². The third-order valence-corrected chi connectivity index (χ3v) is 7.12. The number of sulfone groups is 1. The van der Waals surface area contributed by atoms with Crippen LogP contribution >= 0.6 is 27.3 Å². The van der Waals surface area contributed by atoms with Crippen molar-refractivity contribution in [1.29, 1.82) is 0 Å². The molecule has 2 atom stereocenters. The molecular formula is C11H16BrNO2S2. The van der Waals surface area contributed by atoms with Crippen LogP contribution in [-0.4, -0.2) is 26.5 Å².